The molecule has 76 valence electrons. The first-order valence-corrected chi connectivity index (χ1v) is 5.32. The molecule has 3 nitrogen and oxygen atoms in total. The standard InChI is InChI=1S/C11H15NO2/c1-2-11-10(5-9(1)14-11)12-6-8-3-4-13-7-8/h3-4,7,9-12H,1-2,5-6H2. The first kappa shape index (κ1) is 8.50. The van der Waals surface area contributed by atoms with E-state index in [0.29, 0.717) is 18.2 Å². The smallest absolute Gasteiger partial charge is 0.0947 e. The number of ether oxygens (including phenoxy) is 1. The van der Waals surface area contributed by atoms with Crippen LogP contribution in [-0.4, -0.2) is 18.2 Å². The minimum atomic E-state index is 0.465. The number of nitrogens with one attached hydrogen (secondary N) is 1. The Bertz CT molecular complexity index is 296. The fourth-order valence-electron chi connectivity index (χ4n) is 2.49. The molecule has 0 aliphatic carbocycles. The zero-order valence-electron chi connectivity index (χ0n) is 8.11. The van der Waals surface area contributed by atoms with Crippen LogP contribution in [0.25, 0.3) is 0 Å². The summed E-state index contributed by atoms with van der Waals surface area (Å²) in [6.07, 6.45) is 8.17. The van der Waals surface area contributed by atoms with Crippen molar-refractivity contribution in [3.05, 3.63) is 24.2 Å². The average molecular weight is 193 g/mol. The lowest BCUT2D eigenvalue weighted by molar-refractivity contribution is 0.0973. The van der Waals surface area contributed by atoms with Crippen LogP contribution < -0.4 is 5.32 Å². The number of furan rings is 1. The third kappa shape index (κ3) is 1.47. The summed E-state index contributed by atoms with van der Waals surface area (Å²) in [4.78, 5) is 0. The molecule has 0 amide bonds. The fraction of sp³-hybridized carbons (Fsp3) is 0.636. The van der Waals surface area contributed by atoms with E-state index in [9.17, 15) is 0 Å². The van der Waals surface area contributed by atoms with Gasteiger partial charge in [0.05, 0.1) is 24.7 Å². The minimum absolute atomic E-state index is 0.465. The number of hydrogen-bond donors (Lipinski definition) is 1. The molecule has 1 aromatic heterocycles. The summed E-state index contributed by atoms with van der Waals surface area (Å²) in [5.41, 5.74) is 1.22. The van der Waals surface area contributed by atoms with Crippen molar-refractivity contribution in [1.29, 1.82) is 0 Å². The molecule has 2 saturated heterocycles. The van der Waals surface area contributed by atoms with Gasteiger partial charge in [0.15, 0.2) is 0 Å². The molecule has 0 spiro atoms. The van der Waals surface area contributed by atoms with Crippen LogP contribution in [0.3, 0.4) is 0 Å². The topological polar surface area (TPSA) is 34.4 Å². The Labute approximate surface area is 83.4 Å². The lowest BCUT2D eigenvalue weighted by atomic mass is 9.95. The summed E-state index contributed by atoms with van der Waals surface area (Å²) in [5.74, 6) is 0. The van der Waals surface area contributed by atoms with Crippen molar-refractivity contribution in [1.82, 2.24) is 5.32 Å². The Morgan fingerprint density at radius 1 is 1.43 bits per heavy atom. The number of fused-ring (bicyclic) bond motifs is 2. The highest BCUT2D eigenvalue weighted by atomic mass is 16.5. The third-order valence-electron chi connectivity index (χ3n) is 3.25. The Morgan fingerprint density at radius 2 is 2.43 bits per heavy atom. The molecule has 2 bridgehead atoms. The van der Waals surface area contributed by atoms with Gasteiger partial charge in [-0.25, -0.2) is 0 Å². The Balaban J connectivity index is 1.54. The van der Waals surface area contributed by atoms with Gasteiger partial charge in [0.2, 0.25) is 0 Å². The van der Waals surface area contributed by atoms with E-state index in [4.69, 9.17) is 9.15 Å². The minimum Gasteiger partial charge on any atom is -0.472 e. The SMILES string of the molecule is c1cc(CNC2CC3CCC2O3)co1. The second kappa shape index (κ2) is 3.41. The van der Waals surface area contributed by atoms with Crippen molar-refractivity contribution < 1.29 is 9.15 Å². The monoisotopic (exact) mass is 193 g/mol. The highest BCUT2D eigenvalue weighted by Crippen LogP contribution is 2.34. The van der Waals surface area contributed by atoms with Crippen molar-refractivity contribution in [3.8, 4) is 0 Å². The molecule has 2 aliphatic heterocycles. The van der Waals surface area contributed by atoms with E-state index in [1.807, 2.05) is 6.07 Å². The van der Waals surface area contributed by atoms with E-state index < -0.39 is 0 Å². The summed E-state index contributed by atoms with van der Waals surface area (Å²) in [6, 6.07) is 2.56. The van der Waals surface area contributed by atoms with Gasteiger partial charge in [0.1, 0.15) is 0 Å². The first-order chi connectivity index (χ1) is 6.92. The molecule has 0 saturated carbocycles. The van der Waals surface area contributed by atoms with Gasteiger partial charge < -0.3 is 14.5 Å². The fourth-order valence-corrected chi connectivity index (χ4v) is 2.49. The maximum absolute atomic E-state index is 5.77. The van der Waals surface area contributed by atoms with Crippen LogP contribution in [-0.2, 0) is 11.3 Å². The Hall–Kier alpha value is -0.800. The molecule has 1 N–H and O–H groups in total. The molecule has 0 radical (unpaired) electrons. The quantitative estimate of drug-likeness (QED) is 0.793. The predicted molar refractivity (Wildman–Crippen MR) is 51.8 cm³/mol. The predicted octanol–water partition coefficient (Wildman–Crippen LogP) is 1.69. The van der Waals surface area contributed by atoms with Crippen LogP contribution in [0.1, 0.15) is 24.8 Å². The van der Waals surface area contributed by atoms with Crippen LogP contribution in [0.4, 0.5) is 0 Å². The molecule has 3 unspecified atom stereocenters. The zero-order chi connectivity index (χ0) is 9.38. The molecule has 1 aromatic rings. The van der Waals surface area contributed by atoms with Crippen LogP contribution in [0.5, 0.6) is 0 Å². The van der Waals surface area contributed by atoms with Crippen molar-refractivity contribution in [2.75, 3.05) is 0 Å². The van der Waals surface area contributed by atoms with Gasteiger partial charge in [-0.15, -0.1) is 0 Å². The lowest BCUT2D eigenvalue weighted by Crippen LogP contribution is -2.36. The van der Waals surface area contributed by atoms with Gasteiger partial charge in [0.25, 0.3) is 0 Å². The normalized spacial score (nSPS) is 35.3. The van der Waals surface area contributed by atoms with Crippen molar-refractivity contribution in [2.45, 2.75) is 44.1 Å². The first-order valence-electron chi connectivity index (χ1n) is 5.32. The van der Waals surface area contributed by atoms with Crippen molar-refractivity contribution >= 4 is 0 Å². The van der Waals surface area contributed by atoms with Crippen LogP contribution in [0.2, 0.25) is 0 Å². The Kier molecular flexibility index (Phi) is 2.07. The van der Waals surface area contributed by atoms with E-state index in [2.05, 4.69) is 5.32 Å². The van der Waals surface area contributed by atoms with Crippen LogP contribution >= 0.6 is 0 Å². The maximum atomic E-state index is 5.77. The Morgan fingerprint density at radius 3 is 3.07 bits per heavy atom. The van der Waals surface area contributed by atoms with Crippen molar-refractivity contribution in [3.63, 3.8) is 0 Å². The van der Waals surface area contributed by atoms with Gasteiger partial charge in [-0.3, -0.25) is 0 Å². The lowest BCUT2D eigenvalue weighted by Gasteiger charge is -2.19. The number of rotatable bonds is 3. The van der Waals surface area contributed by atoms with Gasteiger partial charge in [-0.1, -0.05) is 0 Å². The molecular weight excluding hydrogens is 178 g/mol. The molecule has 14 heavy (non-hydrogen) atoms. The molecule has 0 aromatic carbocycles. The van der Waals surface area contributed by atoms with Crippen molar-refractivity contribution in [2.24, 2.45) is 0 Å². The van der Waals surface area contributed by atoms with Gasteiger partial charge in [0, 0.05) is 18.2 Å². The van der Waals surface area contributed by atoms with E-state index in [1.165, 1.54) is 24.8 Å². The summed E-state index contributed by atoms with van der Waals surface area (Å²) in [6.45, 7) is 0.897. The highest BCUT2D eigenvalue weighted by molar-refractivity contribution is 5.05. The van der Waals surface area contributed by atoms with Gasteiger partial charge >= 0.3 is 0 Å². The summed E-state index contributed by atoms with van der Waals surface area (Å²) in [5, 5.41) is 3.53. The molecule has 3 atom stereocenters. The van der Waals surface area contributed by atoms with Crippen LogP contribution in [0, 0.1) is 0 Å². The van der Waals surface area contributed by atoms with Crippen LogP contribution in [0.15, 0.2) is 23.0 Å². The summed E-state index contributed by atoms with van der Waals surface area (Å²) < 4.78 is 10.8. The highest BCUT2D eigenvalue weighted by Gasteiger charge is 2.40. The van der Waals surface area contributed by atoms with E-state index in [-0.39, 0.29) is 0 Å². The molecule has 3 heteroatoms. The van der Waals surface area contributed by atoms with E-state index in [0.717, 1.165) is 6.54 Å². The number of hydrogen-bond acceptors (Lipinski definition) is 3. The largest absolute Gasteiger partial charge is 0.472 e. The molecule has 2 fully saturated rings. The second-order valence-electron chi connectivity index (χ2n) is 4.23. The van der Waals surface area contributed by atoms with E-state index in [1.54, 1.807) is 12.5 Å². The molecule has 3 rings (SSSR count). The average Bonchev–Trinajstić information content (AvgIpc) is 2.91. The maximum Gasteiger partial charge on any atom is 0.0947 e. The molecule has 2 aliphatic rings. The van der Waals surface area contributed by atoms with Gasteiger partial charge in [-0.2, -0.15) is 0 Å². The van der Waals surface area contributed by atoms with E-state index >= 15 is 0 Å². The summed E-state index contributed by atoms with van der Waals surface area (Å²) >= 11 is 0. The summed E-state index contributed by atoms with van der Waals surface area (Å²) in [7, 11) is 0. The third-order valence-corrected chi connectivity index (χ3v) is 3.25. The zero-order valence-corrected chi connectivity index (χ0v) is 8.11. The molecule has 3 heterocycles. The van der Waals surface area contributed by atoms with Gasteiger partial charge in [-0.05, 0) is 25.3 Å². The second-order valence-corrected chi connectivity index (χ2v) is 4.23. The molecular formula is C11H15NO2.